The van der Waals surface area contributed by atoms with Crippen molar-refractivity contribution in [3.63, 3.8) is 0 Å². The summed E-state index contributed by atoms with van der Waals surface area (Å²) in [5.41, 5.74) is 0.255. The van der Waals surface area contributed by atoms with Crippen LogP contribution < -0.4 is 4.74 Å². The summed E-state index contributed by atoms with van der Waals surface area (Å²) in [6.45, 7) is -0.891. The highest BCUT2D eigenvalue weighted by molar-refractivity contribution is 5.31. The maximum atomic E-state index is 14.3. The van der Waals surface area contributed by atoms with Gasteiger partial charge in [-0.2, -0.15) is 13.2 Å². The SMILES string of the molecule is CCCCCCCC[C@H]1CC[C@H]([C@H]2CC[C@H](CCc3ccc(OC(F)F)c(F)c3F)CC2)CC1. The topological polar surface area (TPSA) is 9.23 Å². The van der Waals surface area contributed by atoms with Crippen LogP contribution in [0.3, 0.4) is 0 Å². The van der Waals surface area contributed by atoms with E-state index >= 15 is 0 Å². The molecule has 0 saturated heterocycles. The lowest BCUT2D eigenvalue weighted by Gasteiger charge is -2.38. The highest BCUT2D eigenvalue weighted by atomic mass is 19.3. The first-order chi connectivity index (χ1) is 16.5. The predicted molar refractivity (Wildman–Crippen MR) is 130 cm³/mol. The van der Waals surface area contributed by atoms with Gasteiger partial charge in [0, 0.05) is 0 Å². The van der Waals surface area contributed by atoms with Crippen molar-refractivity contribution in [1.82, 2.24) is 0 Å². The van der Waals surface area contributed by atoms with Crippen LogP contribution in [0.4, 0.5) is 17.6 Å². The van der Waals surface area contributed by atoms with Crippen molar-refractivity contribution < 1.29 is 22.3 Å². The predicted octanol–water partition coefficient (Wildman–Crippen LogP) is 9.86. The number of hydrogen-bond acceptors (Lipinski definition) is 1. The Hall–Kier alpha value is -1.26. The van der Waals surface area contributed by atoms with E-state index in [2.05, 4.69) is 11.7 Å². The van der Waals surface area contributed by atoms with Gasteiger partial charge in [0.05, 0.1) is 0 Å². The summed E-state index contributed by atoms with van der Waals surface area (Å²) in [6, 6.07) is 2.49. The second kappa shape index (κ2) is 14.3. The smallest absolute Gasteiger partial charge is 0.387 e. The molecule has 0 amide bonds. The lowest BCUT2D eigenvalue weighted by molar-refractivity contribution is -0.0525. The van der Waals surface area contributed by atoms with Crippen LogP contribution in [0.2, 0.25) is 0 Å². The van der Waals surface area contributed by atoms with E-state index in [1.54, 1.807) is 0 Å². The third-order valence-electron chi connectivity index (χ3n) is 8.58. The molecule has 194 valence electrons. The van der Waals surface area contributed by atoms with Crippen LogP contribution in [0.25, 0.3) is 0 Å². The molecular formula is C29H44F4O. The van der Waals surface area contributed by atoms with E-state index < -0.39 is 24.0 Å². The first-order valence-corrected chi connectivity index (χ1v) is 13.9. The first kappa shape index (κ1) is 27.3. The average Bonchev–Trinajstić information content (AvgIpc) is 2.84. The van der Waals surface area contributed by atoms with Gasteiger partial charge in [0.1, 0.15) is 0 Å². The van der Waals surface area contributed by atoms with E-state index in [1.807, 2.05) is 0 Å². The molecule has 0 bridgehead atoms. The van der Waals surface area contributed by atoms with Crippen molar-refractivity contribution in [3.05, 3.63) is 29.3 Å². The summed E-state index contributed by atoms with van der Waals surface area (Å²) in [5.74, 6) is 0.129. The normalized spacial score (nSPS) is 25.6. The zero-order valence-corrected chi connectivity index (χ0v) is 21.0. The van der Waals surface area contributed by atoms with Crippen molar-refractivity contribution >= 4 is 0 Å². The van der Waals surface area contributed by atoms with Crippen molar-refractivity contribution in [2.24, 2.45) is 23.7 Å². The van der Waals surface area contributed by atoms with Gasteiger partial charge < -0.3 is 4.74 Å². The highest BCUT2D eigenvalue weighted by Gasteiger charge is 2.31. The lowest BCUT2D eigenvalue weighted by Crippen LogP contribution is -2.26. The molecule has 3 rings (SSSR count). The van der Waals surface area contributed by atoms with Crippen LogP contribution in [0.1, 0.15) is 115 Å². The summed E-state index contributed by atoms with van der Waals surface area (Å²) in [4.78, 5) is 0. The molecule has 0 N–H and O–H groups in total. The molecule has 0 radical (unpaired) electrons. The summed E-state index contributed by atoms with van der Waals surface area (Å²) in [5, 5.41) is 0. The Morgan fingerprint density at radius 3 is 1.88 bits per heavy atom. The van der Waals surface area contributed by atoms with Crippen LogP contribution in [0, 0.1) is 35.3 Å². The van der Waals surface area contributed by atoms with Crippen LogP contribution in [0.15, 0.2) is 12.1 Å². The molecule has 2 aliphatic rings. The number of unbranched alkanes of at least 4 members (excludes halogenated alkanes) is 5. The molecule has 0 spiro atoms. The van der Waals surface area contributed by atoms with E-state index in [9.17, 15) is 17.6 Å². The molecule has 0 unspecified atom stereocenters. The van der Waals surface area contributed by atoms with Crippen molar-refractivity contribution in [3.8, 4) is 5.75 Å². The second-order valence-corrected chi connectivity index (χ2v) is 10.9. The van der Waals surface area contributed by atoms with Crippen molar-refractivity contribution in [1.29, 1.82) is 0 Å². The molecular weight excluding hydrogens is 440 g/mol. The molecule has 1 aromatic rings. The maximum Gasteiger partial charge on any atom is 0.387 e. The van der Waals surface area contributed by atoms with Gasteiger partial charge >= 0.3 is 6.61 Å². The van der Waals surface area contributed by atoms with Crippen LogP contribution in [-0.4, -0.2) is 6.61 Å². The molecule has 1 aromatic carbocycles. The van der Waals surface area contributed by atoms with Crippen molar-refractivity contribution in [2.45, 2.75) is 123 Å². The Balaban J connectivity index is 1.32. The molecule has 2 fully saturated rings. The van der Waals surface area contributed by atoms with Crippen molar-refractivity contribution in [2.75, 3.05) is 0 Å². The minimum absolute atomic E-state index is 0.255. The largest absolute Gasteiger partial charge is 0.432 e. The van der Waals surface area contributed by atoms with E-state index in [1.165, 1.54) is 102 Å². The molecule has 34 heavy (non-hydrogen) atoms. The van der Waals surface area contributed by atoms with E-state index in [0.29, 0.717) is 12.3 Å². The molecule has 1 nitrogen and oxygen atoms in total. The Bertz CT molecular complexity index is 706. The summed E-state index contributed by atoms with van der Waals surface area (Å²) in [7, 11) is 0. The fourth-order valence-corrected chi connectivity index (χ4v) is 6.42. The van der Waals surface area contributed by atoms with E-state index in [0.717, 1.165) is 30.2 Å². The van der Waals surface area contributed by atoms with Gasteiger partial charge in [0.2, 0.25) is 5.82 Å². The number of ether oxygens (including phenoxy) is 1. The Morgan fingerprint density at radius 2 is 1.29 bits per heavy atom. The Labute approximate surface area is 204 Å². The summed E-state index contributed by atoms with van der Waals surface area (Å²) < 4.78 is 56.9. The first-order valence-electron chi connectivity index (χ1n) is 13.9. The number of aryl methyl sites for hydroxylation is 1. The number of alkyl halides is 2. The Morgan fingerprint density at radius 1 is 0.735 bits per heavy atom. The zero-order chi connectivity index (χ0) is 24.3. The number of halogens is 4. The molecule has 2 aliphatic carbocycles. The average molecular weight is 485 g/mol. The van der Waals surface area contributed by atoms with Gasteiger partial charge in [0.15, 0.2) is 11.6 Å². The van der Waals surface area contributed by atoms with Gasteiger partial charge in [0.25, 0.3) is 0 Å². The number of hydrogen-bond donors (Lipinski definition) is 0. The second-order valence-electron chi connectivity index (χ2n) is 10.9. The number of rotatable bonds is 13. The molecule has 5 heteroatoms. The molecule has 0 heterocycles. The van der Waals surface area contributed by atoms with E-state index in [4.69, 9.17) is 0 Å². The minimum Gasteiger partial charge on any atom is -0.432 e. The van der Waals surface area contributed by atoms with Crippen LogP contribution in [0.5, 0.6) is 5.75 Å². The maximum absolute atomic E-state index is 14.3. The Kier molecular flexibility index (Phi) is 11.5. The lowest BCUT2D eigenvalue weighted by atomic mass is 9.68. The molecule has 2 saturated carbocycles. The standard InChI is InChI=1S/C29H44F4O/c1-2-3-4-5-6-7-8-21-9-14-23(15-10-21)24-16-11-22(12-17-24)13-18-25-19-20-26(34-29(32)33)28(31)27(25)30/h19-24,29H,2-18H2,1H3/t21-,22-,23-,24-. The van der Waals surface area contributed by atoms with Crippen LogP contribution in [-0.2, 0) is 6.42 Å². The van der Waals surface area contributed by atoms with Gasteiger partial charge in [-0.05, 0) is 73.8 Å². The van der Waals surface area contributed by atoms with Gasteiger partial charge in [-0.15, -0.1) is 0 Å². The fourth-order valence-electron chi connectivity index (χ4n) is 6.42. The number of benzene rings is 1. The third-order valence-corrected chi connectivity index (χ3v) is 8.58. The quantitative estimate of drug-likeness (QED) is 0.200. The van der Waals surface area contributed by atoms with Gasteiger partial charge in [-0.1, -0.05) is 83.6 Å². The fraction of sp³-hybridized carbons (Fsp3) is 0.793. The van der Waals surface area contributed by atoms with Gasteiger partial charge in [-0.3, -0.25) is 0 Å². The van der Waals surface area contributed by atoms with E-state index in [-0.39, 0.29) is 5.56 Å². The van der Waals surface area contributed by atoms with Crippen LogP contribution >= 0.6 is 0 Å². The minimum atomic E-state index is -3.16. The summed E-state index contributed by atoms with van der Waals surface area (Å²) in [6.07, 6.45) is 21.5. The molecule has 0 aliphatic heterocycles. The highest BCUT2D eigenvalue weighted by Crippen LogP contribution is 2.43. The summed E-state index contributed by atoms with van der Waals surface area (Å²) >= 11 is 0. The molecule has 0 atom stereocenters. The zero-order valence-electron chi connectivity index (χ0n) is 21.0. The van der Waals surface area contributed by atoms with Gasteiger partial charge in [-0.25, -0.2) is 4.39 Å². The third kappa shape index (κ3) is 8.45. The molecule has 0 aromatic heterocycles. The monoisotopic (exact) mass is 484 g/mol.